The van der Waals surface area contributed by atoms with Crippen molar-refractivity contribution in [1.29, 1.82) is 0 Å². The highest BCUT2D eigenvalue weighted by Crippen LogP contribution is 2.44. The van der Waals surface area contributed by atoms with Gasteiger partial charge in [0.1, 0.15) is 5.75 Å². The van der Waals surface area contributed by atoms with Gasteiger partial charge in [-0.15, -0.1) is 0 Å². The largest absolute Gasteiger partial charge is 0.485 e. The first-order valence-electron chi connectivity index (χ1n) is 12.0. The molecule has 4 nitrogen and oxygen atoms in total. The zero-order valence-electron chi connectivity index (χ0n) is 19.6. The van der Waals surface area contributed by atoms with Crippen LogP contribution in [0.3, 0.4) is 0 Å². The number of carbonyl (C=O) groups is 2. The van der Waals surface area contributed by atoms with Crippen LogP contribution in [0.5, 0.6) is 5.75 Å². The molecule has 1 amide bonds. The SMILES string of the molecule is CCC(CC)CC1(C(=O)Nc2ccccc2SC(=O)COc2ccc(Cl)cc2)CCCCC1. The predicted octanol–water partition coefficient (Wildman–Crippen LogP) is 7.75. The van der Waals surface area contributed by atoms with E-state index >= 15 is 0 Å². The third kappa shape index (κ3) is 7.25. The zero-order chi connectivity index (χ0) is 23.7. The minimum atomic E-state index is -0.311. The van der Waals surface area contributed by atoms with Crippen molar-refractivity contribution >= 4 is 40.1 Å². The number of amides is 1. The summed E-state index contributed by atoms with van der Waals surface area (Å²) in [7, 11) is 0. The molecule has 0 atom stereocenters. The van der Waals surface area contributed by atoms with Gasteiger partial charge < -0.3 is 10.1 Å². The highest BCUT2D eigenvalue weighted by molar-refractivity contribution is 8.13. The summed E-state index contributed by atoms with van der Waals surface area (Å²) < 4.78 is 5.58. The van der Waals surface area contributed by atoms with E-state index in [2.05, 4.69) is 19.2 Å². The van der Waals surface area contributed by atoms with Crippen molar-refractivity contribution in [3.63, 3.8) is 0 Å². The van der Waals surface area contributed by atoms with Crippen LogP contribution < -0.4 is 10.1 Å². The summed E-state index contributed by atoms with van der Waals surface area (Å²) in [5, 5.41) is 3.68. The molecule has 0 aromatic heterocycles. The van der Waals surface area contributed by atoms with Crippen molar-refractivity contribution in [3.8, 4) is 5.75 Å². The summed E-state index contributed by atoms with van der Waals surface area (Å²) in [6.45, 7) is 4.37. The van der Waals surface area contributed by atoms with Gasteiger partial charge in [0.05, 0.1) is 5.69 Å². The highest BCUT2D eigenvalue weighted by atomic mass is 35.5. The van der Waals surface area contributed by atoms with Crippen LogP contribution in [0.25, 0.3) is 0 Å². The van der Waals surface area contributed by atoms with Crippen molar-refractivity contribution in [2.75, 3.05) is 11.9 Å². The van der Waals surface area contributed by atoms with E-state index in [1.165, 1.54) is 6.42 Å². The molecule has 0 unspecified atom stereocenters. The Hall–Kier alpha value is -1.98. The monoisotopic (exact) mass is 487 g/mol. The molecule has 0 heterocycles. The van der Waals surface area contributed by atoms with Gasteiger partial charge in [0, 0.05) is 15.3 Å². The Balaban J connectivity index is 1.67. The maximum Gasteiger partial charge on any atom is 0.231 e. The lowest BCUT2D eigenvalue weighted by atomic mass is 9.67. The van der Waals surface area contributed by atoms with Gasteiger partial charge in [-0.05, 0) is 73.3 Å². The topological polar surface area (TPSA) is 55.4 Å². The molecule has 1 aliphatic rings. The Labute approximate surface area is 206 Å². The van der Waals surface area contributed by atoms with Crippen LogP contribution in [0.2, 0.25) is 5.02 Å². The number of hydrogen-bond donors (Lipinski definition) is 1. The van der Waals surface area contributed by atoms with Gasteiger partial charge in [0.2, 0.25) is 11.0 Å². The predicted molar refractivity (Wildman–Crippen MR) is 137 cm³/mol. The molecule has 1 N–H and O–H groups in total. The van der Waals surface area contributed by atoms with Gasteiger partial charge in [-0.2, -0.15) is 0 Å². The van der Waals surface area contributed by atoms with Crippen LogP contribution in [-0.4, -0.2) is 17.6 Å². The lowest BCUT2D eigenvalue weighted by molar-refractivity contribution is -0.128. The number of thioether (sulfide) groups is 1. The van der Waals surface area contributed by atoms with Gasteiger partial charge in [0.15, 0.2) is 6.61 Å². The van der Waals surface area contributed by atoms with Crippen molar-refractivity contribution in [3.05, 3.63) is 53.6 Å². The first-order chi connectivity index (χ1) is 16.0. The van der Waals surface area contributed by atoms with E-state index in [0.717, 1.165) is 61.6 Å². The molecule has 2 aromatic carbocycles. The number of nitrogens with one attached hydrogen (secondary N) is 1. The van der Waals surface area contributed by atoms with Crippen LogP contribution in [0.4, 0.5) is 5.69 Å². The molecular weight excluding hydrogens is 454 g/mol. The quantitative estimate of drug-likeness (QED) is 0.348. The number of ether oxygens (including phenoxy) is 1. The molecule has 3 rings (SSSR count). The second kappa shape index (κ2) is 12.5. The Morgan fingerprint density at radius 1 is 1.03 bits per heavy atom. The summed E-state index contributed by atoms with van der Waals surface area (Å²) in [4.78, 5) is 26.9. The summed E-state index contributed by atoms with van der Waals surface area (Å²) in [6, 6.07) is 14.4. The molecule has 0 radical (unpaired) electrons. The van der Waals surface area contributed by atoms with Gasteiger partial charge in [0.25, 0.3) is 0 Å². The molecule has 0 saturated heterocycles. The van der Waals surface area contributed by atoms with Crippen molar-refractivity contribution < 1.29 is 14.3 Å². The number of rotatable bonds is 10. The molecule has 6 heteroatoms. The van der Waals surface area contributed by atoms with E-state index in [0.29, 0.717) is 22.4 Å². The number of para-hydroxylation sites is 1. The maximum absolute atomic E-state index is 13.6. The minimum Gasteiger partial charge on any atom is -0.485 e. The first kappa shape index (κ1) is 25.6. The molecule has 2 aromatic rings. The van der Waals surface area contributed by atoms with Gasteiger partial charge >= 0.3 is 0 Å². The molecule has 33 heavy (non-hydrogen) atoms. The van der Waals surface area contributed by atoms with Crippen LogP contribution in [0.15, 0.2) is 53.4 Å². The molecule has 0 spiro atoms. The molecule has 1 fully saturated rings. The van der Waals surface area contributed by atoms with Crippen molar-refractivity contribution in [1.82, 2.24) is 0 Å². The highest BCUT2D eigenvalue weighted by Gasteiger charge is 2.40. The van der Waals surface area contributed by atoms with Crippen LogP contribution >= 0.6 is 23.4 Å². The Morgan fingerprint density at radius 2 is 1.70 bits per heavy atom. The number of hydrogen-bond acceptors (Lipinski definition) is 4. The second-order valence-corrected chi connectivity index (χ2v) is 10.4. The Morgan fingerprint density at radius 3 is 2.36 bits per heavy atom. The molecule has 0 bridgehead atoms. The first-order valence-corrected chi connectivity index (χ1v) is 13.1. The number of halogens is 1. The van der Waals surface area contributed by atoms with E-state index in [4.69, 9.17) is 16.3 Å². The average molecular weight is 488 g/mol. The fourth-order valence-electron chi connectivity index (χ4n) is 4.62. The summed E-state index contributed by atoms with van der Waals surface area (Å²) in [6.07, 6.45) is 8.42. The Bertz CT molecular complexity index is 921. The standard InChI is InChI=1S/C27H34ClNO3S/c1-3-20(4-2)18-27(16-8-5-9-17-27)26(31)29-23-10-6-7-11-24(23)33-25(30)19-32-22-14-12-21(28)13-15-22/h6-7,10-15,20H,3-5,8-9,16-19H2,1-2H3,(H,29,31). The number of carbonyl (C=O) groups excluding carboxylic acids is 2. The normalized spacial score (nSPS) is 15.3. The van der Waals surface area contributed by atoms with Crippen molar-refractivity contribution in [2.45, 2.75) is 70.1 Å². The fourth-order valence-corrected chi connectivity index (χ4v) is 5.49. The van der Waals surface area contributed by atoms with Crippen LogP contribution in [0.1, 0.15) is 65.2 Å². The van der Waals surface area contributed by atoms with E-state index < -0.39 is 0 Å². The fraction of sp³-hybridized carbons (Fsp3) is 0.481. The van der Waals surface area contributed by atoms with Crippen LogP contribution in [-0.2, 0) is 9.59 Å². The maximum atomic E-state index is 13.6. The smallest absolute Gasteiger partial charge is 0.231 e. The second-order valence-electron chi connectivity index (χ2n) is 8.89. The number of benzene rings is 2. The minimum absolute atomic E-state index is 0.0623. The zero-order valence-corrected chi connectivity index (χ0v) is 21.1. The molecule has 178 valence electrons. The van der Waals surface area contributed by atoms with Gasteiger partial charge in [-0.3, -0.25) is 9.59 Å². The van der Waals surface area contributed by atoms with Crippen molar-refractivity contribution in [2.24, 2.45) is 11.3 Å². The van der Waals surface area contributed by atoms with Gasteiger partial charge in [-0.1, -0.05) is 69.7 Å². The summed E-state index contributed by atoms with van der Waals surface area (Å²) in [5.74, 6) is 1.26. The van der Waals surface area contributed by atoms with E-state index in [-0.39, 0.29) is 23.0 Å². The molecule has 0 aliphatic heterocycles. The third-order valence-corrected chi connectivity index (χ3v) is 7.83. The van der Waals surface area contributed by atoms with E-state index in [9.17, 15) is 9.59 Å². The third-order valence-electron chi connectivity index (χ3n) is 6.66. The number of anilines is 1. The molecule has 1 aliphatic carbocycles. The van der Waals surface area contributed by atoms with E-state index in [1.54, 1.807) is 24.3 Å². The summed E-state index contributed by atoms with van der Waals surface area (Å²) >= 11 is 6.99. The van der Waals surface area contributed by atoms with E-state index in [1.807, 2.05) is 24.3 Å². The summed E-state index contributed by atoms with van der Waals surface area (Å²) in [5.41, 5.74) is 0.385. The molecular formula is C27H34ClNO3S. The van der Waals surface area contributed by atoms with Gasteiger partial charge in [-0.25, -0.2) is 0 Å². The Kier molecular flexibility index (Phi) is 9.69. The average Bonchev–Trinajstić information content (AvgIpc) is 2.84. The molecule has 1 saturated carbocycles. The lowest BCUT2D eigenvalue weighted by Gasteiger charge is -2.38. The van der Waals surface area contributed by atoms with Crippen LogP contribution in [0, 0.1) is 11.3 Å². The lowest BCUT2D eigenvalue weighted by Crippen LogP contribution is -2.39.